The van der Waals surface area contributed by atoms with E-state index < -0.39 is 32.4 Å². The number of anilines is 1. The predicted molar refractivity (Wildman–Crippen MR) is 138 cm³/mol. The molecule has 0 aliphatic rings. The molecule has 0 unspecified atom stereocenters. The second-order valence-corrected chi connectivity index (χ2v) is 11.2. The maximum absolute atomic E-state index is 14.0. The first kappa shape index (κ1) is 25.2. The number of aromatic amines is 1. The molecule has 0 spiro atoms. The van der Waals surface area contributed by atoms with E-state index in [1.54, 1.807) is 24.3 Å². The number of rotatable bonds is 5. The van der Waals surface area contributed by atoms with Gasteiger partial charge in [0, 0.05) is 23.0 Å². The average molecular weight is 513 g/mol. The molecule has 0 saturated heterocycles. The topological polar surface area (TPSA) is 118 Å². The van der Waals surface area contributed by atoms with Crippen LogP contribution in [0.15, 0.2) is 62.7 Å². The fraction of sp³-hybridized carbons (Fsp3) is 0.231. The van der Waals surface area contributed by atoms with E-state index >= 15 is 0 Å². The third kappa shape index (κ3) is 5.03. The minimum absolute atomic E-state index is 0.115. The van der Waals surface area contributed by atoms with Crippen molar-refractivity contribution in [1.29, 1.82) is 0 Å². The number of benzene rings is 2. The van der Waals surface area contributed by atoms with Crippen molar-refractivity contribution in [3.8, 4) is 28.2 Å². The molecule has 0 atom stereocenters. The molecule has 2 aromatic carbocycles. The molecule has 2 heterocycles. The highest BCUT2D eigenvalue weighted by Crippen LogP contribution is 2.42. The Morgan fingerprint density at radius 2 is 1.75 bits per heavy atom. The second-order valence-electron chi connectivity index (χ2n) is 9.49. The smallest absolute Gasteiger partial charge is 0.344 e. The highest BCUT2D eigenvalue weighted by Gasteiger charge is 2.25. The lowest BCUT2D eigenvalue weighted by atomic mass is 9.82. The lowest BCUT2D eigenvalue weighted by molar-refractivity contribution is 0.397. The van der Waals surface area contributed by atoms with Crippen LogP contribution < -0.4 is 20.6 Å². The Bertz CT molecular complexity index is 1720. The van der Waals surface area contributed by atoms with E-state index in [1.807, 2.05) is 20.8 Å². The van der Waals surface area contributed by atoms with Crippen LogP contribution in [0.2, 0.25) is 0 Å². The van der Waals surface area contributed by atoms with Gasteiger partial charge in [-0.25, -0.2) is 17.6 Å². The largest absolute Gasteiger partial charge is 0.496 e. The lowest BCUT2D eigenvalue weighted by Crippen LogP contribution is -2.15. The first-order chi connectivity index (χ1) is 16.8. The van der Waals surface area contributed by atoms with E-state index in [0.29, 0.717) is 22.3 Å². The zero-order valence-electron chi connectivity index (χ0n) is 20.4. The van der Waals surface area contributed by atoms with Gasteiger partial charge in [0.15, 0.2) is 0 Å². The van der Waals surface area contributed by atoms with E-state index in [9.17, 15) is 22.4 Å². The van der Waals surface area contributed by atoms with Gasteiger partial charge in [0.2, 0.25) is 10.0 Å². The van der Waals surface area contributed by atoms with Gasteiger partial charge < -0.3 is 14.1 Å². The molecule has 4 aromatic rings. The van der Waals surface area contributed by atoms with Crippen LogP contribution >= 0.6 is 0 Å². The summed E-state index contributed by atoms with van der Waals surface area (Å²) in [5, 5.41) is 0.689. The summed E-state index contributed by atoms with van der Waals surface area (Å²) in [6.45, 7) is 5.88. The number of aromatic nitrogens is 1. The number of fused-ring (bicyclic) bond motifs is 1. The molecule has 0 fully saturated rings. The van der Waals surface area contributed by atoms with Gasteiger partial charge in [-0.2, -0.15) is 0 Å². The average Bonchev–Trinajstić information content (AvgIpc) is 2.78. The highest BCUT2D eigenvalue weighted by molar-refractivity contribution is 7.92. The number of ether oxygens (including phenoxy) is 1. The maximum Gasteiger partial charge on any atom is 0.344 e. The van der Waals surface area contributed by atoms with Crippen molar-refractivity contribution in [2.75, 3.05) is 18.1 Å². The van der Waals surface area contributed by atoms with Crippen molar-refractivity contribution >= 4 is 26.5 Å². The third-order valence-corrected chi connectivity index (χ3v) is 6.22. The number of sulfonamides is 1. The SMILES string of the molecule is COc1c(-c2cc3ccc(NS(C)(=O)=O)cc3c(=O)o2)cc(-c2cc(F)c[nH]c2=O)cc1C(C)(C)C. The second kappa shape index (κ2) is 8.94. The van der Waals surface area contributed by atoms with Gasteiger partial charge in [-0.05, 0) is 52.8 Å². The first-order valence-corrected chi connectivity index (χ1v) is 12.8. The fourth-order valence-electron chi connectivity index (χ4n) is 4.01. The standard InChI is InChI=1S/C26H25FN2O6S/c1-26(2,3)21-9-15(18-11-16(27)13-28-24(18)30)8-20(23(21)34-4)22-10-14-6-7-17(29-36(5,32)33)12-19(14)25(31)35-22/h6-13,29H,1-5H3,(H,28,30). The Labute approximate surface area is 206 Å². The van der Waals surface area contributed by atoms with Crippen LogP contribution in [0.5, 0.6) is 5.75 Å². The van der Waals surface area contributed by atoms with Crippen LogP contribution in [0.3, 0.4) is 0 Å². The summed E-state index contributed by atoms with van der Waals surface area (Å²) in [5.41, 5.74) is 0.282. The monoisotopic (exact) mass is 512 g/mol. The number of H-pyrrole nitrogens is 1. The van der Waals surface area contributed by atoms with Crippen LogP contribution in [0.1, 0.15) is 26.3 Å². The van der Waals surface area contributed by atoms with Crippen molar-refractivity contribution in [1.82, 2.24) is 4.98 Å². The van der Waals surface area contributed by atoms with Crippen molar-refractivity contribution in [3.05, 3.63) is 80.8 Å². The normalized spacial score (nSPS) is 12.1. The number of hydrogen-bond donors (Lipinski definition) is 2. The molecular weight excluding hydrogens is 487 g/mol. The molecule has 10 heteroatoms. The molecule has 0 aliphatic carbocycles. The van der Waals surface area contributed by atoms with Gasteiger partial charge in [-0.1, -0.05) is 26.8 Å². The number of nitrogens with one attached hydrogen (secondary N) is 2. The minimum Gasteiger partial charge on any atom is -0.496 e. The molecule has 0 bridgehead atoms. The van der Waals surface area contributed by atoms with Gasteiger partial charge in [0.05, 0.1) is 24.3 Å². The van der Waals surface area contributed by atoms with Crippen molar-refractivity contribution in [2.45, 2.75) is 26.2 Å². The molecule has 0 radical (unpaired) electrons. The van der Waals surface area contributed by atoms with E-state index in [0.717, 1.165) is 24.1 Å². The number of hydrogen-bond acceptors (Lipinski definition) is 6. The van der Waals surface area contributed by atoms with Crippen LogP contribution in [-0.2, 0) is 15.4 Å². The number of halogens is 1. The summed E-state index contributed by atoms with van der Waals surface area (Å²) < 4.78 is 50.8. The van der Waals surface area contributed by atoms with Gasteiger partial charge in [0.1, 0.15) is 17.3 Å². The Balaban J connectivity index is 2.00. The van der Waals surface area contributed by atoms with E-state index in [-0.39, 0.29) is 22.4 Å². The van der Waals surface area contributed by atoms with Crippen molar-refractivity contribution in [2.24, 2.45) is 0 Å². The Kier molecular flexibility index (Phi) is 6.25. The first-order valence-electron chi connectivity index (χ1n) is 10.9. The maximum atomic E-state index is 14.0. The molecule has 0 aliphatic heterocycles. The molecule has 2 aromatic heterocycles. The summed E-state index contributed by atoms with van der Waals surface area (Å²) in [5.74, 6) is 0.0142. The Morgan fingerprint density at radius 1 is 1.03 bits per heavy atom. The summed E-state index contributed by atoms with van der Waals surface area (Å²) in [6.07, 6.45) is 1.99. The predicted octanol–water partition coefficient (Wildman–Crippen LogP) is 4.63. The van der Waals surface area contributed by atoms with E-state index in [4.69, 9.17) is 9.15 Å². The minimum atomic E-state index is -3.53. The van der Waals surface area contributed by atoms with Crippen LogP contribution in [0, 0.1) is 5.82 Å². The molecule has 36 heavy (non-hydrogen) atoms. The van der Waals surface area contributed by atoms with Crippen LogP contribution in [0.25, 0.3) is 33.2 Å². The summed E-state index contributed by atoms with van der Waals surface area (Å²) in [7, 11) is -2.04. The van der Waals surface area contributed by atoms with Crippen LogP contribution in [-0.4, -0.2) is 26.8 Å². The molecule has 4 rings (SSSR count). The van der Waals surface area contributed by atoms with Crippen LogP contribution in [0.4, 0.5) is 10.1 Å². The van der Waals surface area contributed by atoms with Gasteiger partial charge in [-0.15, -0.1) is 0 Å². The molecule has 8 nitrogen and oxygen atoms in total. The number of pyridine rings is 1. The third-order valence-electron chi connectivity index (χ3n) is 5.61. The van der Waals surface area contributed by atoms with E-state index in [2.05, 4.69) is 9.71 Å². The molecular formula is C26H25FN2O6S. The summed E-state index contributed by atoms with van der Waals surface area (Å²) >= 11 is 0. The van der Waals surface area contributed by atoms with Gasteiger partial charge in [-0.3, -0.25) is 9.52 Å². The van der Waals surface area contributed by atoms with Crippen molar-refractivity contribution in [3.63, 3.8) is 0 Å². The zero-order chi connectivity index (χ0) is 26.4. The molecule has 2 N–H and O–H groups in total. The number of methoxy groups -OCH3 is 1. The quantitative estimate of drug-likeness (QED) is 0.402. The van der Waals surface area contributed by atoms with Gasteiger partial charge >= 0.3 is 5.63 Å². The van der Waals surface area contributed by atoms with Crippen molar-refractivity contribution < 1.29 is 22.0 Å². The molecule has 0 amide bonds. The molecule has 0 saturated carbocycles. The fourth-order valence-corrected chi connectivity index (χ4v) is 4.57. The summed E-state index contributed by atoms with van der Waals surface area (Å²) in [6, 6.07) is 10.7. The lowest BCUT2D eigenvalue weighted by Gasteiger charge is -2.25. The van der Waals surface area contributed by atoms with Gasteiger partial charge in [0.25, 0.3) is 5.56 Å². The summed E-state index contributed by atoms with van der Waals surface area (Å²) in [4.78, 5) is 27.8. The highest BCUT2D eigenvalue weighted by atomic mass is 32.2. The Morgan fingerprint density at radius 3 is 2.39 bits per heavy atom. The molecule has 188 valence electrons. The zero-order valence-corrected chi connectivity index (χ0v) is 21.2. The Hall–Kier alpha value is -3.92. The van der Waals surface area contributed by atoms with E-state index in [1.165, 1.54) is 19.2 Å².